The molecule has 3 rings (SSSR count). The maximum Gasteiger partial charge on any atom is 0.243 e. The molecule has 0 aliphatic carbocycles. The van der Waals surface area contributed by atoms with Gasteiger partial charge in [0.25, 0.3) is 0 Å². The number of ketones is 1. The number of pyridine rings is 1. The number of aromatic nitrogens is 1. The Morgan fingerprint density at radius 3 is 2.50 bits per heavy atom. The maximum atomic E-state index is 12.9. The minimum absolute atomic E-state index is 0.0779. The van der Waals surface area contributed by atoms with E-state index in [0.29, 0.717) is 14.9 Å². The second kappa shape index (κ2) is 6.72. The summed E-state index contributed by atoms with van der Waals surface area (Å²) in [7, 11) is 0. The molecule has 1 unspecified atom stereocenters. The summed E-state index contributed by atoms with van der Waals surface area (Å²) in [5.74, 6) is -0.464. The molecule has 0 amide bonds. The number of halogens is 2. The molecule has 1 N–H and O–H groups in total. The van der Waals surface area contributed by atoms with Crippen molar-refractivity contribution in [3.8, 4) is 0 Å². The van der Waals surface area contributed by atoms with Crippen molar-refractivity contribution in [2.45, 2.75) is 16.8 Å². The Labute approximate surface area is 154 Å². The lowest BCUT2D eigenvalue weighted by Crippen LogP contribution is -2.22. The molecule has 1 heterocycles. The molecular weight excluding hydrogens is 414 g/mol. The number of carbonyl (C=O) groups is 1. The van der Waals surface area contributed by atoms with E-state index in [-0.39, 0.29) is 21.0 Å². The molecule has 0 spiro atoms. The predicted octanol–water partition coefficient (Wildman–Crippen LogP) is 4.31. The van der Waals surface area contributed by atoms with Crippen LogP contribution in [0.4, 0.5) is 0 Å². The zero-order valence-corrected chi connectivity index (χ0v) is 15.6. The molecule has 0 bridgehead atoms. The third-order valence-electron chi connectivity index (χ3n) is 3.52. The van der Waals surface area contributed by atoms with Gasteiger partial charge in [-0.25, -0.2) is 0 Å². The van der Waals surface area contributed by atoms with Crippen LogP contribution < -0.4 is 5.43 Å². The average molecular weight is 425 g/mol. The first-order chi connectivity index (χ1) is 11.4. The van der Waals surface area contributed by atoms with E-state index in [1.54, 1.807) is 42.5 Å². The number of fused-ring (bicyclic) bond motifs is 1. The van der Waals surface area contributed by atoms with Crippen LogP contribution in [0.15, 0.2) is 61.7 Å². The van der Waals surface area contributed by atoms with E-state index in [9.17, 15) is 14.1 Å². The molecule has 1 aromatic heterocycles. The first-order valence-corrected chi connectivity index (χ1v) is 9.25. The van der Waals surface area contributed by atoms with Crippen molar-refractivity contribution >= 4 is 55.4 Å². The summed E-state index contributed by atoms with van der Waals surface area (Å²) in [5.41, 5.74) is -0.247. The van der Waals surface area contributed by atoms with Gasteiger partial charge in [0.1, 0.15) is 5.56 Å². The van der Waals surface area contributed by atoms with Crippen molar-refractivity contribution in [1.29, 1.82) is 0 Å². The number of hydrogen-bond donors (Lipinski definition) is 1. The Balaban J connectivity index is 2.39. The van der Waals surface area contributed by atoms with E-state index in [4.69, 9.17) is 11.6 Å². The monoisotopic (exact) mass is 423 g/mol. The van der Waals surface area contributed by atoms with Gasteiger partial charge in [-0.05, 0) is 47.1 Å². The van der Waals surface area contributed by atoms with E-state index < -0.39 is 22.4 Å². The van der Waals surface area contributed by atoms with Gasteiger partial charge in [-0.15, -0.1) is 0 Å². The molecule has 0 aliphatic heterocycles. The largest absolute Gasteiger partial charge is 0.605 e. The van der Waals surface area contributed by atoms with Gasteiger partial charge >= 0.3 is 0 Å². The second-order valence-corrected chi connectivity index (χ2v) is 7.75. The first kappa shape index (κ1) is 17.2. The summed E-state index contributed by atoms with van der Waals surface area (Å²) in [6, 6.07) is 11.9. The van der Waals surface area contributed by atoms with Crippen molar-refractivity contribution in [2.75, 3.05) is 0 Å². The van der Waals surface area contributed by atoms with Gasteiger partial charge < -0.3 is 9.54 Å². The molecule has 24 heavy (non-hydrogen) atoms. The molecule has 0 fully saturated rings. The van der Waals surface area contributed by atoms with Crippen molar-refractivity contribution in [3.63, 3.8) is 0 Å². The lowest BCUT2D eigenvalue weighted by atomic mass is 10.1. The van der Waals surface area contributed by atoms with Gasteiger partial charge in [0.2, 0.25) is 10.5 Å². The Bertz CT molecular complexity index is 1000. The fourth-order valence-corrected chi connectivity index (χ4v) is 4.35. The highest BCUT2D eigenvalue weighted by molar-refractivity contribution is 9.10. The summed E-state index contributed by atoms with van der Waals surface area (Å²) >= 11 is 7.79. The van der Waals surface area contributed by atoms with E-state index in [1.807, 2.05) is 0 Å². The Hall–Kier alpha value is -1.60. The number of Topliss-reactive ketones (excluding diaryl/α,β-unsaturated/α-hetero) is 1. The van der Waals surface area contributed by atoms with Crippen LogP contribution in [0.1, 0.15) is 17.3 Å². The number of aromatic amines is 1. The third-order valence-corrected chi connectivity index (χ3v) is 5.87. The highest BCUT2D eigenvalue weighted by Crippen LogP contribution is 2.30. The van der Waals surface area contributed by atoms with Crippen LogP contribution in [0.25, 0.3) is 10.9 Å². The fraction of sp³-hybridized carbons (Fsp3) is 0.0588. The molecule has 1 atom stereocenters. The van der Waals surface area contributed by atoms with E-state index >= 15 is 0 Å². The standard InChI is InChI=1S/C17H11BrClNO3S/c1-9(21)13-16(22)14-12(19)8-7-11(18)15(14)20-17(13)24(23)10-5-3-2-4-6-10/h2-8H,1H3,(H,20,22). The highest BCUT2D eigenvalue weighted by atomic mass is 79.9. The Morgan fingerprint density at radius 2 is 1.88 bits per heavy atom. The number of carbonyl (C=O) groups excluding carboxylic acids is 1. The van der Waals surface area contributed by atoms with Crippen molar-refractivity contribution in [2.24, 2.45) is 0 Å². The van der Waals surface area contributed by atoms with E-state index in [1.165, 1.54) is 6.92 Å². The van der Waals surface area contributed by atoms with Crippen molar-refractivity contribution in [3.05, 3.63) is 67.7 Å². The van der Waals surface area contributed by atoms with Crippen molar-refractivity contribution in [1.82, 2.24) is 4.98 Å². The lowest BCUT2D eigenvalue weighted by Gasteiger charge is -2.14. The average Bonchev–Trinajstić information content (AvgIpc) is 2.57. The molecule has 0 saturated carbocycles. The molecular formula is C17H11BrClNO3S. The topological polar surface area (TPSA) is 73.0 Å². The summed E-state index contributed by atoms with van der Waals surface area (Å²) in [6.45, 7) is 1.27. The number of rotatable bonds is 3. The summed E-state index contributed by atoms with van der Waals surface area (Å²) in [4.78, 5) is 28.3. The van der Waals surface area contributed by atoms with Gasteiger partial charge in [0, 0.05) is 15.6 Å². The van der Waals surface area contributed by atoms with Crippen LogP contribution in [-0.2, 0) is 11.2 Å². The van der Waals surface area contributed by atoms with Gasteiger partial charge in [0.05, 0.1) is 15.9 Å². The second-order valence-electron chi connectivity index (χ2n) is 5.08. The predicted molar refractivity (Wildman–Crippen MR) is 98.4 cm³/mol. The molecule has 0 radical (unpaired) electrons. The SMILES string of the molecule is CC(=O)c1c([S+]([O-])c2ccccc2)[nH]c2c(Br)ccc(Cl)c2c1=O. The van der Waals surface area contributed by atoms with Crippen LogP contribution in [0, 0.1) is 0 Å². The molecule has 3 aromatic rings. The maximum absolute atomic E-state index is 12.9. The summed E-state index contributed by atoms with van der Waals surface area (Å²) in [6.07, 6.45) is 0. The summed E-state index contributed by atoms with van der Waals surface area (Å²) in [5, 5.41) is 0.508. The van der Waals surface area contributed by atoms with Gasteiger partial charge in [-0.1, -0.05) is 29.8 Å². The highest BCUT2D eigenvalue weighted by Gasteiger charge is 2.28. The number of H-pyrrole nitrogens is 1. The molecule has 4 nitrogen and oxygen atoms in total. The zero-order chi connectivity index (χ0) is 17.4. The molecule has 0 saturated heterocycles. The number of hydrogen-bond acceptors (Lipinski definition) is 3. The van der Waals surface area contributed by atoms with E-state index in [2.05, 4.69) is 20.9 Å². The minimum Gasteiger partial charge on any atom is -0.605 e. The number of benzene rings is 2. The summed E-state index contributed by atoms with van der Waals surface area (Å²) < 4.78 is 13.5. The van der Waals surface area contributed by atoms with Gasteiger partial charge in [-0.3, -0.25) is 9.59 Å². The smallest absolute Gasteiger partial charge is 0.243 e. The Kier molecular flexibility index (Phi) is 4.83. The van der Waals surface area contributed by atoms with Crippen LogP contribution in [0.2, 0.25) is 5.02 Å². The zero-order valence-electron chi connectivity index (χ0n) is 12.4. The third kappa shape index (κ3) is 2.91. The van der Waals surface area contributed by atoms with Crippen molar-refractivity contribution < 1.29 is 9.35 Å². The first-order valence-electron chi connectivity index (χ1n) is 6.93. The van der Waals surface area contributed by atoms with Crippen LogP contribution in [0.5, 0.6) is 0 Å². The fourth-order valence-electron chi connectivity index (χ4n) is 2.42. The lowest BCUT2D eigenvalue weighted by molar-refractivity contribution is 0.101. The van der Waals surface area contributed by atoms with Crippen LogP contribution >= 0.6 is 27.5 Å². The molecule has 7 heteroatoms. The molecule has 122 valence electrons. The van der Waals surface area contributed by atoms with E-state index in [0.717, 1.165) is 0 Å². The molecule has 0 aliphatic rings. The minimum atomic E-state index is -1.70. The van der Waals surface area contributed by atoms with Gasteiger partial charge in [0.15, 0.2) is 10.7 Å². The quantitative estimate of drug-likeness (QED) is 0.503. The number of nitrogens with one attached hydrogen (secondary N) is 1. The van der Waals surface area contributed by atoms with Crippen LogP contribution in [-0.4, -0.2) is 15.3 Å². The van der Waals surface area contributed by atoms with Gasteiger partial charge in [-0.2, -0.15) is 0 Å². The Morgan fingerprint density at radius 1 is 1.21 bits per heavy atom. The normalized spacial score (nSPS) is 12.3. The van der Waals surface area contributed by atoms with Crippen LogP contribution in [0.3, 0.4) is 0 Å². The molecule has 2 aromatic carbocycles.